The minimum Gasteiger partial charge on any atom is -0.379 e. The van der Waals surface area contributed by atoms with Crippen molar-refractivity contribution in [3.63, 3.8) is 0 Å². The van der Waals surface area contributed by atoms with Gasteiger partial charge in [-0.25, -0.2) is 0 Å². The van der Waals surface area contributed by atoms with Crippen LogP contribution in [0.25, 0.3) is 0 Å². The number of nitrogens with one attached hydrogen (secondary N) is 1. The van der Waals surface area contributed by atoms with Gasteiger partial charge in [0.15, 0.2) is 0 Å². The van der Waals surface area contributed by atoms with Crippen molar-refractivity contribution < 1.29 is 4.74 Å². The van der Waals surface area contributed by atoms with Crippen LogP contribution >= 0.6 is 15.9 Å². The predicted molar refractivity (Wildman–Crippen MR) is 75.5 cm³/mol. The fraction of sp³-hybridized carbons (Fsp3) is 0.615. The van der Waals surface area contributed by atoms with Gasteiger partial charge < -0.3 is 10.1 Å². The van der Waals surface area contributed by atoms with E-state index in [2.05, 4.69) is 37.2 Å². The Balaban J connectivity index is 1.55. The molecule has 1 fully saturated rings. The normalized spacial score (nSPS) is 16.9. The van der Waals surface area contributed by atoms with E-state index >= 15 is 0 Å². The monoisotopic (exact) mass is 313 g/mol. The smallest absolute Gasteiger partial charge is 0.0594 e. The molecule has 0 radical (unpaired) electrons. The van der Waals surface area contributed by atoms with Crippen molar-refractivity contribution in [2.75, 3.05) is 39.4 Å². The first-order valence-electron chi connectivity index (χ1n) is 6.45. The molecule has 1 aromatic heterocycles. The van der Waals surface area contributed by atoms with Gasteiger partial charge in [0.2, 0.25) is 0 Å². The number of halogens is 1. The van der Waals surface area contributed by atoms with Crippen molar-refractivity contribution in [3.05, 3.63) is 28.5 Å². The summed E-state index contributed by atoms with van der Waals surface area (Å²) in [5.41, 5.74) is 1.22. The van der Waals surface area contributed by atoms with Gasteiger partial charge in [-0.1, -0.05) is 0 Å². The highest BCUT2D eigenvalue weighted by molar-refractivity contribution is 9.10. The molecule has 2 heterocycles. The summed E-state index contributed by atoms with van der Waals surface area (Å²) in [5, 5.41) is 3.45. The lowest BCUT2D eigenvalue weighted by Crippen LogP contribution is -2.37. The van der Waals surface area contributed by atoms with Crippen molar-refractivity contribution in [1.29, 1.82) is 0 Å². The maximum absolute atomic E-state index is 5.33. The topological polar surface area (TPSA) is 37.4 Å². The number of rotatable bonds is 6. The SMILES string of the molecule is Brc1cncc(CNCCCN2CCOCC2)c1. The highest BCUT2D eigenvalue weighted by Gasteiger charge is 2.08. The van der Waals surface area contributed by atoms with Crippen molar-refractivity contribution in [1.82, 2.24) is 15.2 Å². The highest BCUT2D eigenvalue weighted by Crippen LogP contribution is 2.09. The summed E-state index contributed by atoms with van der Waals surface area (Å²) < 4.78 is 6.36. The second kappa shape index (κ2) is 7.84. The molecule has 18 heavy (non-hydrogen) atoms. The molecule has 5 heteroatoms. The first-order valence-corrected chi connectivity index (χ1v) is 7.24. The summed E-state index contributed by atoms with van der Waals surface area (Å²) in [4.78, 5) is 6.61. The number of morpholine rings is 1. The number of hydrogen-bond acceptors (Lipinski definition) is 4. The van der Waals surface area contributed by atoms with Crippen LogP contribution in [0.4, 0.5) is 0 Å². The molecule has 0 amide bonds. The van der Waals surface area contributed by atoms with Crippen LogP contribution in [-0.2, 0) is 11.3 Å². The molecule has 2 rings (SSSR count). The standard InChI is InChI=1S/C13H20BrN3O/c14-13-8-12(10-16-11-13)9-15-2-1-3-17-4-6-18-7-5-17/h8,10-11,15H,1-7,9H2. The lowest BCUT2D eigenvalue weighted by atomic mass is 10.3. The Morgan fingerprint density at radius 1 is 1.33 bits per heavy atom. The van der Waals surface area contributed by atoms with E-state index in [1.165, 1.54) is 12.0 Å². The molecule has 1 aliphatic heterocycles. The molecule has 0 unspecified atom stereocenters. The number of ether oxygens (including phenoxy) is 1. The molecule has 100 valence electrons. The Morgan fingerprint density at radius 2 is 2.17 bits per heavy atom. The van der Waals surface area contributed by atoms with Crippen LogP contribution in [-0.4, -0.2) is 49.3 Å². The summed E-state index contributed by atoms with van der Waals surface area (Å²) in [6.45, 7) is 7.02. The lowest BCUT2D eigenvalue weighted by molar-refractivity contribution is 0.0374. The molecule has 1 N–H and O–H groups in total. The predicted octanol–water partition coefficient (Wildman–Crippen LogP) is 1.66. The summed E-state index contributed by atoms with van der Waals surface area (Å²) in [5.74, 6) is 0. The Bertz CT molecular complexity index is 356. The quantitative estimate of drug-likeness (QED) is 0.811. The summed E-state index contributed by atoms with van der Waals surface area (Å²) in [7, 11) is 0. The van der Waals surface area contributed by atoms with Gasteiger partial charge in [0, 0.05) is 36.5 Å². The third kappa shape index (κ3) is 5.02. The van der Waals surface area contributed by atoms with E-state index in [9.17, 15) is 0 Å². The van der Waals surface area contributed by atoms with E-state index < -0.39 is 0 Å². The van der Waals surface area contributed by atoms with Crippen LogP contribution in [0.3, 0.4) is 0 Å². The molecule has 0 spiro atoms. The molecule has 1 saturated heterocycles. The molecule has 0 aromatic carbocycles. The molecule has 0 saturated carbocycles. The fourth-order valence-electron chi connectivity index (χ4n) is 2.04. The number of nitrogens with zero attached hydrogens (tertiary/aromatic N) is 2. The van der Waals surface area contributed by atoms with Gasteiger partial charge in [-0.05, 0) is 47.1 Å². The molecule has 1 aliphatic rings. The Hall–Kier alpha value is -0.490. The van der Waals surface area contributed by atoms with Crippen molar-refractivity contribution in [2.24, 2.45) is 0 Å². The van der Waals surface area contributed by atoms with Crippen molar-refractivity contribution >= 4 is 15.9 Å². The van der Waals surface area contributed by atoms with Gasteiger partial charge in [-0.15, -0.1) is 0 Å². The van der Waals surface area contributed by atoms with E-state index in [0.717, 1.165) is 50.4 Å². The van der Waals surface area contributed by atoms with Crippen molar-refractivity contribution in [2.45, 2.75) is 13.0 Å². The average Bonchev–Trinajstić information content (AvgIpc) is 2.40. The highest BCUT2D eigenvalue weighted by atomic mass is 79.9. The zero-order valence-electron chi connectivity index (χ0n) is 10.6. The Labute approximate surface area is 117 Å². The van der Waals surface area contributed by atoms with Gasteiger partial charge in [-0.3, -0.25) is 9.88 Å². The van der Waals surface area contributed by atoms with E-state index in [4.69, 9.17) is 4.74 Å². The average molecular weight is 314 g/mol. The first kappa shape index (κ1) is 13.9. The van der Waals surface area contributed by atoms with Crippen LogP contribution in [0.15, 0.2) is 22.9 Å². The van der Waals surface area contributed by atoms with Crippen LogP contribution in [0, 0.1) is 0 Å². The lowest BCUT2D eigenvalue weighted by Gasteiger charge is -2.26. The number of pyridine rings is 1. The Kier molecular flexibility index (Phi) is 6.07. The summed E-state index contributed by atoms with van der Waals surface area (Å²) >= 11 is 3.43. The maximum Gasteiger partial charge on any atom is 0.0594 e. The van der Waals surface area contributed by atoms with Gasteiger partial charge in [0.25, 0.3) is 0 Å². The number of aromatic nitrogens is 1. The van der Waals surface area contributed by atoms with E-state index in [0.29, 0.717) is 0 Å². The van der Waals surface area contributed by atoms with Gasteiger partial charge in [-0.2, -0.15) is 0 Å². The second-order valence-corrected chi connectivity index (χ2v) is 5.41. The van der Waals surface area contributed by atoms with Crippen LogP contribution < -0.4 is 5.32 Å². The number of hydrogen-bond donors (Lipinski definition) is 1. The third-order valence-corrected chi connectivity index (χ3v) is 3.46. The molecular weight excluding hydrogens is 294 g/mol. The minimum absolute atomic E-state index is 0.884. The van der Waals surface area contributed by atoms with Crippen LogP contribution in [0.1, 0.15) is 12.0 Å². The van der Waals surface area contributed by atoms with Gasteiger partial charge >= 0.3 is 0 Å². The molecule has 1 aromatic rings. The maximum atomic E-state index is 5.33. The van der Waals surface area contributed by atoms with E-state index in [1.54, 1.807) is 0 Å². The molecule has 4 nitrogen and oxygen atoms in total. The van der Waals surface area contributed by atoms with Crippen molar-refractivity contribution in [3.8, 4) is 0 Å². The molecule has 0 bridgehead atoms. The molecule has 0 aliphatic carbocycles. The van der Waals surface area contributed by atoms with Crippen LogP contribution in [0.2, 0.25) is 0 Å². The Morgan fingerprint density at radius 3 is 2.94 bits per heavy atom. The van der Waals surface area contributed by atoms with E-state index in [-0.39, 0.29) is 0 Å². The zero-order chi connectivity index (χ0) is 12.6. The fourth-order valence-corrected chi connectivity index (χ4v) is 2.45. The third-order valence-electron chi connectivity index (χ3n) is 3.02. The summed E-state index contributed by atoms with van der Waals surface area (Å²) in [6.07, 6.45) is 4.89. The van der Waals surface area contributed by atoms with E-state index in [1.807, 2.05) is 12.4 Å². The second-order valence-electron chi connectivity index (χ2n) is 4.50. The zero-order valence-corrected chi connectivity index (χ0v) is 12.2. The van der Waals surface area contributed by atoms with Gasteiger partial charge in [0.05, 0.1) is 13.2 Å². The van der Waals surface area contributed by atoms with Crippen LogP contribution in [0.5, 0.6) is 0 Å². The minimum atomic E-state index is 0.884. The first-order chi connectivity index (χ1) is 8.84. The van der Waals surface area contributed by atoms with Gasteiger partial charge in [0.1, 0.15) is 0 Å². The summed E-state index contributed by atoms with van der Waals surface area (Å²) in [6, 6.07) is 2.10. The molecule has 0 atom stereocenters. The molecular formula is C13H20BrN3O. The largest absolute Gasteiger partial charge is 0.379 e.